The maximum atomic E-state index is 13.6. The van der Waals surface area contributed by atoms with Crippen molar-refractivity contribution in [2.75, 3.05) is 4.72 Å². The van der Waals surface area contributed by atoms with Gasteiger partial charge in [0.2, 0.25) is 0 Å². The smallest absolute Gasteiger partial charge is 0.267 e. The molecule has 0 radical (unpaired) electrons. The minimum absolute atomic E-state index is 0.285. The zero-order valence-corrected chi connectivity index (χ0v) is 13.3. The van der Waals surface area contributed by atoms with Crippen LogP contribution in [0.2, 0.25) is 0 Å². The van der Waals surface area contributed by atoms with Gasteiger partial charge in [0.1, 0.15) is 11.6 Å². The fraction of sp³-hybridized carbons (Fsp3) is 0.0769. The Labute approximate surface area is 129 Å². The molecule has 1 N–H and O–H groups in total. The normalized spacial score (nSPS) is 11.4. The number of rotatable bonds is 3. The summed E-state index contributed by atoms with van der Waals surface area (Å²) in [6.45, 7) is 1.71. The molecule has 0 unspecified atom stereocenters. The Morgan fingerprint density at radius 3 is 2.25 bits per heavy atom. The topological polar surface area (TPSA) is 46.2 Å². The average Bonchev–Trinajstić information content (AvgIpc) is 2.32. The summed E-state index contributed by atoms with van der Waals surface area (Å²) in [4.78, 5) is -0.974. The molecule has 0 atom stereocenters. The molecule has 106 valence electrons. The lowest BCUT2D eigenvalue weighted by Crippen LogP contribution is -2.17. The van der Waals surface area contributed by atoms with E-state index in [1.165, 1.54) is 0 Å². The first kappa shape index (κ1) is 15.2. The van der Waals surface area contributed by atoms with Crippen molar-refractivity contribution in [2.45, 2.75) is 11.8 Å². The summed E-state index contributed by atoms with van der Waals surface area (Å²) in [7, 11) is -4.31. The fourth-order valence-electron chi connectivity index (χ4n) is 1.68. The number of benzene rings is 2. The van der Waals surface area contributed by atoms with E-state index in [0.717, 1.165) is 21.8 Å². The van der Waals surface area contributed by atoms with Crippen LogP contribution in [0.4, 0.5) is 14.5 Å². The summed E-state index contributed by atoms with van der Waals surface area (Å²) in [6, 6.07) is 7.92. The Bertz CT molecular complexity index is 743. The summed E-state index contributed by atoms with van der Waals surface area (Å²) >= 11 is 2.08. The first-order valence-corrected chi connectivity index (χ1v) is 8.10. The largest absolute Gasteiger partial charge is 0.279 e. The fourth-order valence-corrected chi connectivity index (χ4v) is 3.59. The van der Waals surface area contributed by atoms with Crippen molar-refractivity contribution in [3.63, 3.8) is 0 Å². The van der Waals surface area contributed by atoms with Crippen molar-refractivity contribution >= 4 is 38.3 Å². The summed E-state index contributed by atoms with van der Waals surface area (Å²) in [5.41, 5.74) is 0.949. The van der Waals surface area contributed by atoms with Crippen molar-refractivity contribution in [2.24, 2.45) is 0 Å². The van der Waals surface area contributed by atoms with Gasteiger partial charge in [-0.2, -0.15) is 0 Å². The lowest BCUT2D eigenvalue weighted by atomic mass is 10.2. The number of aryl methyl sites for hydroxylation is 1. The van der Waals surface area contributed by atoms with Gasteiger partial charge in [0.15, 0.2) is 4.90 Å². The molecule has 3 nitrogen and oxygen atoms in total. The zero-order valence-electron chi connectivity index (χ0n) is 10.3. The third kappa shape index (κ3) is 3.09. The van der Waals surface area contributed by atoms with E-state index in [4.69, 9.17) is 0 Å². The van der Waals surface area contributed by atoms with Gasteiger partial charge >= 0.3 is 0 Å². The highest BCUT2D eigenvalue weighted by molar-refractivity contribution is 14.1. The standard InChI is InChI=1S/C13H10F2INO2S/c1-8-7-9(16)5-6-12(8)17-20(18,19)13-10(14)3-2-4-11(13)15/h2-7,17H,1H3. The second kappa shape index (κ2) is 5.65. The molecule has 0 amide bonds. The molecular formula is C13H10F2INO2S. The van der Waals surface area contributed by atoms with Crippen LogP contribution < -0.4 is 4.72 Å². The number of anilines is 1. The van der Waals surface area contributed by atoms with Crippen LogP contribution in [-0.2, 0) is 10.0 Å². The number of halogens is 3. The van der Waals surface area contributed by atoms with Gasteiger partial charge in [-0.25, -0.2) is 17.2 Å². The van der Waals surface area contributed by atoms with Crippen molar-refractivity contribution in [1.29, 1.82) is 0 Å². The number of nitrogens with one attached hydrogen (secondary N) is 1. The molecule has 20 heavy (non-hydrogen) atoms. The van der Waals surface area contributed by atoms with Crippen LogP contribution in [0.1, 0.15) is 5.56 Å². The minimum atomic E-state index is -4.31. The quantitative estimate of drug-likeness (QED) is 0.787. The van der Waals surface area contributed by atoms with Crippen LogP contribution in [0.3, 0.4) is 0 Å². The molecule has 0 spiro atoms. The van der Waals surface area contributed by atoms with Gasteiger partial charge in [0.05, 0.1) is 5.69 Å². The van der Waals surface area contributed by atoms with E-state index in [-0.39, 0.29) is 5.69 Å². The highest BCUT2D eigenvalue weighted by Gasteiger charge is 2.24. The predicted octanol–water partition coefficient (Wildman–Crippen LogP) is 3.68. The van der Waals surface area contributed by atoms with Crippen LogP contribution >= 0.6 is 22.6 Å². The Morgan fingerprint density at radius 2 is 1.70 bits per heavy atom. The van der Waals surface area contributed by atoms with Gasteiger partial charge in [0, 0.05) is 3.57 Å². The van der Waals surface area contributed by atoms with Gasteiger partial charge in [-0.1, -0.05) is 6.07 Å². The molecule has 7 heteroatoms. The summed E-state index contributed by atoms with van der Waals surface area (Å²) in [5, 5.41) is 0. The van der Waals surface area contributed by atoms with Crippen molar-refractivity contribution < 1.29 is 17.2 Å². The van der Waals surface area contributed by atoms with Gasteiger partial charge in [0.25, 0.3) is 10.0 Å². The molecule has 0 heterocycles. The summed E-state index contributed by atoms with van der Waals surface area (Å²) in [6.07, 6.45) is 0. The van der Waals surface area contributed by atoms with Crippen LogP contribution in [0.25, 0.3) is 0 Å². The van der Waals surface area contributed by atoms with Crippen LogP contribution in [-0.4, -0.2) is 8.42 Å². The van der Waals surface area contributed by atoms with Crippen molar-refractivity contribution in [1.82, 2.24) is 0 Å². The molecule has 0 bridgehead atoms. The summed E-state index contributed by atoms with van der Waals surface area (Å²) < 4.78 is 54.4. The number of hydrogen-bond donors (Lipinski definition) is 1. The molecule has 0 aromatic heterocycles. The predicted molar refractivity (Wildman–Crippen MR) is 81.1 cm³/mol. The molecular weight excluding hydrogens is 399 g/mol. The number of sulfonamides is 1. The van der Waals surface area contributed by atoms with Crippen molar-refractivity contribution in [3.8, 4) is 0 Å². The first-order valence-electron chi connectivity index (χ1n) is 5.54. The SMILES string of the molecule is Cc1cc(I)ccc1NS(=O)(=O)c1c(F)cccc1F. The third-order valence-electron chi connectivity index (χ3n) is 2.62. The van der Waals surface area contributed by atoms with Gasteiger partial charge in [-0.15, -0.1) is 0 Å². The van der Waals surface area contributed by atoms with Crippen molar-refractivity contribution in [3.05, 3.63) is 57.2 Å². The Kier molecular flexibility index (Phi) is 4.28. The Hall–Kier alpha value is -1.22. The number of hydrogen-bond acceptors (Lipinski definition) is 2. The molecule has 0 aliphatic carbocycles. The average molecular weight is 409 g/mol. The molecule has 0 saturated carbocycles. The zero-order chi connectivity index (χ0) is 14.9. The second-order valence-corrected chi connectivity index (χ2v) is 6.98. The van der Waals surface area contributed by atoms with E-state index in [9.17, 15) is 17.2 Å². The highest BCUT2D eigenvalue weighted by Crippen LogP contribution is 2.24. The molecule has 2 rings (SSSR count). The maximum Gasteiger partial charge on any atom is 0.267 e. The maximum absolute atomic E-state index is 13.6. The Morgan fingerprint density at radius 1 is 1.10 bits per heavy atom. The molecule has 0 aliphatic heterocycles. The second-order valence-electron chi connectivity index (χ2n) is 4.12. The molecule has 2 aromatic rings. The lowest BCUT2D eigenvalue weighted by molar-refractivity contribution is 0.521. The van der Waals surface area contributed by atoms with E-state index in [2.05, 4.69) is 27.3 Å². The van der Waals surface area contributed by atoms with E-state index in [1.54, 1.807) is 25.1 Å². The van der Waals surface area contributed by atoms with E-state index >= 15 is 0 Å². The monoisotopic (exact) mass is 409 g/mol. The van der Waals surface area contributed by atoms with Crippen LogP contribution in [0.15, 0.2) is 41.3 Å². The lowest BCUT2D eigenvalue weighted by Gasteiger charge is -2.12. The minimum Gasteiger partial charge on any atom is -0.279 e. The van der Waals surface area contributed by atoms with Gasteiger partial charge in [-0.05, 0) is 65.4 Å². The first-order chi connectivity index (χ1) is 9.31. The molecule has 0 fully saturated rings. The van der Waals surface area contributed by atoms with Gasteiger partial charge < -0.3 is 0 Å². The third-order valence-corrected chi connectivity index (χ3v) is 4.71. The van der Waals surface area contributed by atoms with Gasteiger partial charge in [-0.3, -0.25) is 4.72 Å². The van der Waals surface area contributed by atoms with Crippen LogP contribution in [0.5, 0.6) is 0 Å². The molecule has 0 saturated heterocycles. The summed E-state index contributed by atoms with van der Waals surface area (Å²) in [5.74, 6) is -2.25. The van der Waals surface area contributed by atoms with E-state index in [0.29, 0.717) is 5.56 Å². The van der Waals surface area contributed by atoms with E-state index < -0.39 is 26.6 Å². The Balaban J connectivity index is 2.46. The highest BCUT2D eigenvalue weighted by atomic mass is 127. The molecule has 2 aromatic carbocycles. The van der Waals surface area contributed by atoms with E-state index in [1.807, 2.05) is 0 Å². The molecule has 0 aliphatic rings. The van der Waals surface area contributed by atoms with Crippen LogP contribution in [0, 0.1) is 22.1 Å².